The Hall–Kier alpha value is -1.80. The second kappa shape index (κ2) is 6.71. The maximum atomic E-state index is 11.5. The van der Waals surface area contributed by atoms with Crippen molar-refractivity contribution in [3.63, 3.8) is 0 Å². The minimum Gasteiger partial charge on any atom is -0.452 e. The molecule has 17 heavy (non-hydrogen) atoms. The van der Waals surface area contributed by atoms with E-state index >= 15 is 0 Å². The van der Waals surface area contributed by atoms with Crippen LogP contribution in [0.15, 0.2) is 28.7 Å². The fraction of sp³-hybridized carbons (Fsp3) is 0.167. The Balaban J connectivity index is 2.45. The highest BCUT2D eigenvalue weighted by atomic mass is 79.9. The number of esters is 1. The van der Waals surface area contributed by atoms with Gasteiger partial charge in [-0.1, -0.05) is 27.9 Å². The van der Waals surface area contributed by atoms with E-state index < -0.39 is 11.9 Å². The van der Waals surface area contributed by atoms with E-state index in [4.69, 9.17) is 11.2 Å². The lowest BCUT2D eigenvalue weighted by Crippen LogP contribution is -2.28. The molecule has 0 saturated carbocycles. The summed E-state index contributed by atoms with van der Waals surface area (Å²) in [5, 5.41) is 2.39. The summed E-state index contributed by atoms with van der Waals surface area (Å²) in [5.74, 6) is 1.27. The monoisotopic (exact) mass is 295 g/mol. The molecule has 0 spiro atoms. The highest BCUT2D eigenvalue weighted by Crippen LogP contribution is 2.12. The van der Waals surface area contributed by atoms with Crippen molar-refractivity contribution in [2.45, 2.75) is 0 Å². The molecule has 4 nitrogen and oxygen atoms in total. The molecule has 5 heteroatoms. The number of ether oxygens (including phenoxy) is 1. The molecule has 88 valence electrons. The van der Waals surface area contributed by atoms with E-state index in [1.165, 1.54) is 0 Å². The molecule has 0 aliphatic rings. The van der Waals surface area contributed by atoms with Crippen molar-refractivity contribution in [3.05, 3.63) is 34.3 Å². The summed E-state index contributed by atoms with van der Waals surface area (Å²) in [6, 6.07) is 6.71. The molecule has 0 bridgehead atoms. The molecule has 0 unspecified atom stereocenters. The third kappa shape index (κ3) is 4.70. The summed E-state index contributed by atoms with van der Waals surface area (Å²) >= 11 is 3.24. The van der Waals surface area contributed by atoms with Crippen LogP contribution in [0.1, 0.15) is 10.4 Å². The standard InChI is InChI=1S/C12H10BrNO3/c1-2-6-14-11(15)8-17-12(16)9-4-3-5-10(13)7-9/h1,3-5,7H,6,8H2,(H,14,15). The van der Waals surface area contributed by atoms with Gasteiger partial charge in [0, 0.05) is 4.47 Å². The van der Waals surface area contributed by atoms with Crippen LogP contribution in [0.3, 0.4) is 0 Å². The summed E-state index contributed by atoms with van der Waals surface area (Å²) in [6.45, 7) is -0.222. The van der Waals surface area contributed by atoms with Gasteiger partial charge in [-0.2, -0.15) is 0 Å². The number of carbonyl (C=O) groups is 2. The molecule has 0 aliphatic carbocycles. The molecule has 0 fully saturated rings. The zero-order valence-corrected chi connectivity index (χ0v) is 10.5. The molecule has 1 aromatic rings. The lowest BCUT2D eigenvalue weighted by molar-refractivity contribution is -0.123. The average Bonchev–Trinajstić information content (AvgIpc) is 2.33. The molecule has 1 rings (SSSR count). The third-order valence-electron chi connectivity index (χ3n) is 1.78. The van der Waals surface area contributed by atoms with Crippen LogP contribution in [0.2, 0.25) is 0 Å². The fourth-order valence-corrected chi connectivity index (χ4v) is 1.43. The first-order valence-electron chi connectivity index (χ1n) is 4.76. The van der Waals surface area contributed by atoms with Gasteiger partial charge in [0.1, 0.15) is 0 Å². The lowest BCUT2D eigenvalue weighted by Gasteiger charge is -2.04. The van der Waals surface area contributed by atoms with Gasteiger partial charge >= 0.3 is 5.97 Å². The molecule has 0 radical (unpaired) electrons. The normalized spacial score (nSPS) is 9.18. The largest absolute Gasteiger partial charge is 0.452 e. The van der Waals surface area contributed by atoms with Crippen LogP contribution in [-0.4, -0.2) is 25.0 Å². The van der Waals surface area contributed by atoms with E-state index in [1.54, 1.807) is 24.3 Å². The second-order valence-corrected chi connectivity index (χ2v) is 3.98. The molecule has 0 aliphatic heterocycles. The second-order valence-electron chi connectivity index (χ2n) is 3.07. The van der Waals surface area contributed by atoms with Crippen molar-refractivity contribution in [2.75, 3.05) is 13.2 Å². The van der Waals surface area contributed by atoms with Gasteiger partial charge in [0.25, 0.3) is 5.91 Å². The van der Waals surface area contributed by atoms with Crippen LogP contribution in [0.4, 0.5) is 0 Å². The minimum atomic E-state index is -0.554. The Bertz CT molecular complexity index is 465. The van der Waals surface area contributed by atoms with Crippen LogP contribution in [0.25, 0.3) is 0 Å². The van der Waals surface area contributed by atoms with E-state index in [-0.39, 0.29) is 13.2 Å². The van der Waals surface area contributed by atoms with Gasteiger partial charge in [0.05, 0.1) is 12.1 Å². The number of amides is 1. The van der Waals surface area contributed by atoms with E-state index in [9.17, 15) is 9.59 Å². The van der Waals surface area contributed by atoms with Crippen LogP contribution < -0.4 is 5.32 Å². The SMILES string of the molecule is C#CCNC(=O)COC(=O)c1cccc(Br)c1. The minimum absolute atomic E-state index is 0.118. The average molecular weight is 296 g/mol. The molecular formula is C12H10BrNO3. The van der Waals surface area contributed by atoms with Crippen molar-refractivity contribution in [1.82, 2.24) is 5.32 Å². The highest BCUT2D eigenvalue weighted by Gasteiger charge is 2.09. The molecule has 1 amide bonds. The van der Waals surface area contributed by atoms with Crippen LogP contribution in [0, 0.1) is 12.3 Å². The number of halogens is 1. The van der Waals surface area contributed by atoms with Crippen molar-refractivity contribution >= 4 is 27.8 Å². The Labute approximate surface area is 107 Å². The van der Waals surface area contributed by atoms with Gasteiger partial charge in [-0.05, 0) is 18.2 Å². The number of rotatable bonds is 4. The van der Waals surface area contributed by atoms with Crippen molar-refractivity contribution in [3.8, 4) is 12.3 Å². The zero-order chi connectivity index (χ0) is 12.7. The smallest absolute Gasteiger partial charge is 0.338 e. The molecule has 1 aromatic carbocycles. The topological polar surface area (TPSA) is 55.4 Å². The molecular weight excluding hydrogens is 286 g/mol. The maximum Gasteiger partial charge on any atom is 0.338 e. The molecule has 0 saturated heterocycles. The Kier molecular flexibility index (Phi) is 5.24. The van der Waals surface area contributed by atoms with Crippen molar-refractivity contribution in [1.29, 1.82) is 0 Å². The van der Waals surface area contributed by atoms with Gasteiger partial charge in [-0.3, -0.25) is 4.79 Å². The summed E-state index contributed by atoms with van der Waals surface area (Å²) < 4.78 is 5.57. The van der Waals surface area contributed by atoms with Crippen LogP contribution >= 0.6 is 15.9 Å². The van der Waals surface area contributed by atoms with Gasteiger partial charge < -0.3 is 10.1 Å². The Morgan fingerprint density at radius 1 is 1.47 bits per heavy atom. The summed E-state index contributed by atoms with van der Waals surface area (Å²) in [5.41, 5.74) is 0.379. The van der Waals surface area contributed by atoms with Crippen molar-refractivity contribution in [2.24, 2.45) is 0 Å². The molecule has 0 heterocycles. The quantitative estimate of drug-likeness (QED) is 0.674. The first-order valence-corrected chi connectivity index (χ1v) is 5.55. The summed E-state index contributed by atoms with van der Waals surface area (Å²) in [4.78, 5) is 22.6. The Morgan fingerprint density at radius 3 is 2.88 bits per heavy atom. The van der Waals surface area contributed by atoms with Gasteiger partial charge in [-0.25, -0.2) is 4.79 Å². The van der Waals surface area contributed by atoms with Crippen LogP contribution in [0.5, 0.6) is 0 Å². The van der Waals surface area contributed by atoms with Gasteiger partial charge in [0.2, 0.25) is 0 Å². The predicted octanol–water partition coefficient (Wildman–Crippen LogP) is 1.36. The Morgan fingerprint density at radius 2 is 2.24 bits per heavy atom. The van der Waals surface area contributed by atoms with Crippen LogP contribution in [-0.2, 0) is 9.53 Å². The zero-order valence-electron chi connectivity index (χ0n) is 8.90. The van der Waals surface area contributed by atoms with Gasteiger partial charge in [0.15, 0.2) is 6.61 Å². The maximum absolute atomic E-state index is 11.5. The predicted molar refractivity (Wildman–Crippen MR) is 66.3 cm³/mol. The number of terminal acetylenes is 1. The van der Waals surface area contributed by atoms with E-state index in [0.29, 0.717) is 5.56 Å². The summed E-state index contributed by atoms with van der Waals surface area (Å²) in [7, 11) is 0. The fourth-order valence-electron chi connectivity index (χ4n) is 1.03. The van der Waals surface area contributed by atoms with E-state index in [1.807, 2.05) is 0 Å². The lowest BCUT2D eigenvalue weighted by atomic mass is 10.2. The number of hydrogen-bond donors (Lipinski definition) is 1. The summed E-state index contributed by atoms with van der Waals surface area (Å²) in [6.07, 6.45) is 4.96. The molecule has 0 atom stereocenters. The van der Waals surface area contributed by atoms with E-state index in [0.717, 1.165) is 4.47 Å². The number of benzene rings is 1. The highest BCUT2D eigenvalue weighted by molar-refractivity contribution is 9.10. The van der Waals surface area contributed by atoms with E-state index in [2.05, 4.69) is 27.2 Å². The number of nitrogens with one attached hydrogen (secondary N) is 1. The first kappa shape index (κ1) is 13.3. The number of carbonyl (C=O) groups excluding carboxylic acids is 2. The molecule has 1 N–H and O–H groups in total. The van der Waals surface area contributed by atoms with Crippen molar-refractivity contribution < 1.29 is 14.3 Å². The first-order chi connectivity index (χ1) is 8.13. The van der Waals surface area contributed by atoms with Gasteiger partial charge in [-0.15, -0.1) is 6.42 Å². The number of hydrogen-bond acceptors (Lipinski definition) is 3. The molecule has 0 aromatic heterocycles. The third-order valence-corrected chi connectivity index (χ3v) is 2.28.